The van der Waals surface area contributed by atoms with Gasteiger partial charge in [-0.15, -0.1) is 0 Å². The van der Waals surface area contributed by atoms with E-state index in [0.29, 0.717) is 0 Å². The van der Waals surface area contributed by atoms with E-state index in [4.69, 9.17) is 0 Å². The number of halogens is 16. The first-order valence-electron chi connectivity index (χ1n) is 3.49. The zero-order valence-corrected chi connectivity index (χ0v) is 9.86. The molecule has 0 aromatic heterocycles. The molecular weight excluding hydrogens is 375 g/mol. The van der Waals surface area contributed by atoms with Crippen LogP contribution in [0.5, 0.6) is 0 Å². The molecule has 0 N–H and O–H groups in total. The van der Waals surface area contributed by atoms with Gasteiger partial charge >= 0.3 is 40.0 Å². The molecule has 0 bridgehead atoms. The van der Waals surface area contributed by atoms with E-state index in [0.717, 1.165) is 0 Å². The van der Waals surface area contributed by atoms with Gasteiger partial charge in [-0.2, -0.15) is 0 Å². The average Bonchev–Trinajstić information content (AvgIpc) is 1.62. The third-order valence-corrected chi connectivity index (χ3v) is 0. The largest absolute Gasteiger partial charge is 4.00 e. The van der Waals surface area contributed by atoms with Crippen LogP contribution in [0.3, 0.4) is 0 Å². The summed E-state index contributed by atoms with van der Waals surface area (Å²) in [6.07, 6.45) is 0. The molecule has 0 rings (SSSR count). The van der Waals surface area contributed by atoms with E-state index in [9.17, 15) is 69.1 Å². The van der Waals surface area contributed by atoms with E-state index in [2.05, 4.69) is 0 Å². The van der Waals surface area contributed by atoms with E-state index >= 15 is 0 Å². The maximum Gasteiger partial charge on any atom is 4.00 e. The van der Waals surface area contributed by atoms with Crippen molar-refractivity contribution in [2.75, 3.05) is 0 Å². The summed E-state index contributed by atoms with van der Waals surface area (Å²) in [5.41, 5.74) is 0. The Bertz CT molecular complexity index is 130. The third kappa shape index (κ3) is 14100. The minimum atomic E-state index is -6.00. The van der Waals surface area contributed by atoms with Crippen molar-refractivity contribution in [2.45, 2.75) is 0 Å². The van der Waals surface area contributed by atoms with Gasteiger partial charge in [-0.1, -0.05) is 0 Å². The summed E-state index contributed by atoms with van der Waals surface area (Å²) in [6, 6.07) is 0. The van der Waals surface area contributed by atoms with Crippen molar-refractivity contribution in [3.63, 3.8) is 0 Å². The second kappa shape index (κ2) is 12.0. The molecule has 0 amide bonds. The molecule has 0 aliphatic heterocycles. The summed E-state index contributed by atoms with van der Waals surface area (Å²) in [6.45, 7) is 0. The van der Waals surface area contributed by atoms with Crippen molar-refractivity contribution in [3.8, 4) is 0 Å². The predicted molar refractivity (Wildman–Crippen MR) is 46.5 cm³/mol. The van der Waals surface area contributed by atoms with Gasteiger partial charge in [0.2, 0.25) is 0 Å². The van der Waals surface area contributed by atoms with Gasteiger partial charge in [0.1, 0.15) is 0 Å². The Hall–Kier alpha value is -0.643. The van der Waals surface area contributed by atoms with Crippen molar-refractivity contribution in [1.82, 2.24) is 0 Å². The second-order valence-corrected chi connectivity index (χ2v) is 1.98. The van der Waals surface area contributed by atoms with Crippen molar-refractivity contribution < 1.29 is 69.1 Å². The van der Waals surface area contributed by atoms with E-state index in [-0.39, 0.29) is 11.0 Å². The first-order chi connectivity index (χ1) is 8.00. The predicted octanol–water partition coefficient (Wildman–Crippen LogP) is 4.82. The molecule has 128 valence electrons. The van der Waals surface area contributed by atoms with Gasteiger partial charge in [-0.05, 0) is 0 Å². The first-order valence-corrected chi connectivity index (χ1v) is 3.49. The van der Waals surface area contributed by atoms with Gasteiger partial charge in [0.15, 0.2) is 0 Å². The summed E-state index contributed by atoms with van der Waals surface area (Å²) in [4.78, 5) is 0. The van der Waals surface area contributed by atoms with Crippen LogP contribution in [0.25, 0.3) is 0 Å². The summed E-state index contributed by atoms with van der Waals surface area (Å²) in [7, 11) is -24.0. The van der Waals surface area contributed by atoms with E-state index in [1.165, 1.54) is 0 Å². The number of hydrogen-bond acceptors (Lipinski definition) is 0. The van der Waals surface area contributed by atoms with Crippen molar-refractivity contribution in [1.29, 1.82) is 0 Å². The molecule has 0 nitrogen and oxygen atoms in total. The Morgan fingerprint density at radius 1 is 0.238 bits per heavy atom. The van der Waals surface area contributed by atoms with Gasteiger partial charge in [0, 0.05) is 0 Å². The van der Waals surface area contributed by atoms with E-state index in [1.807, 2.05) is 0 Å². The van der Waals surface area contributed by atoms with Crippen LogP contribution in [-0.4, -0.2) is 40.0 Å². The Labute approximate surface area is 110 Å². The van der Waals surface area contributed by atoms with Crippen LogP contribution in [0.2, 0.25) is 0 Å². The molecule has 0 aromatic carbocycles. The van der Waals surface area contributed by atoms with Crippen LogP contribution >= 0.6 is 0 Å². The molecule has 0 heterocycles. The third-order valence-electron chi connectivity index (χ3n) is 0. The minimum absolute atomic E-state index is 0. The van der Waals surface area contributed by atoms with Gasteiger partial charge in [0.25, 0.3) is 0 Å². The molecule has 21 heavy (non-hydrogen) atoms. The molecule has 0 spiro atoms. The fraction of sp³-hybridized carbons (Fsp3) is 0. The van der Waals surface area contributed by atoms with Gasteiger partial charge in [-0.3, -0.25) is 0 Å². The molecule has 0 fully saturated rings. The zero-order valence-electron chi connectivity index (χ0n) is 8.86. The SMILES string of the molecule is F[B-](F)(F)F.F[B-](F)(F)F.F[B-](F)(F)F.F[B-](F)(F)F.[Si+4]. The van der Waals surface area contributed by atoms with Gasteiger partial charge in [-0.25, -0.2) is 0 Å². The maximum atomic E-state index is 9.75. The Balaban J connectivity index is -0.0000000533. The molecule has 0 saturated heterocycles. The van der Waals surface area contributed by atoms with Crippen LogP contribution in [0.4, 0.5) is 69.1 Å². The fourth-order valence-electron chi connectivity index (χ4n) is 0. The minimum Gasteiger partial charge on any atom is -0.418 e. The molecule has 0 aromatic rings. The Morgan fingerprint density at radius 2 is 0.238 bits per heavy atom. The number of rotatable bonds is 0. The van der Waals surface area contributed by atoms with Crippen LogP contribution in [0, 0.1) is 0 Å². The second-order valence-electron chi connectivity index (χ2n) is 1.98. The smallest absolute Gasteiger partial charge is 0.418 e. The summed E-state index contributed by atoms with van der Waals surface area (Å²) in [5, 5.41) is 0. The molecule has 0 unspecified atom stereocenters. The van der Waals surface area contributed by atoms with Crippen LogP contribution in [0.1, 0.15) is 0 Å². The molecule has 0 aliphatic rings. The maximum absolute atomic E-state index is 9.75. The summed E-state index contributed by atoms with van der Waals surface area (Å²) < 4.78 is 156. The summed E-state index contributed by atoms with van der Waals surface area (Å²) >= 11 is 0. The molecule has 21 heteroatoms. The normalized spacial score (nSPS) is 11.4. The molecule has 0 atom stereocenters. The zero-order chi connectivity index (χ0) is 18.0. The van der Waals surface area contributed by atoms with Crippen LogP contribution in [-0.2, 0) is 0 Å². The monoisotopic (exact) mass is 376 g/mol. The van der Waals surface area contributed by atoms with E-state index < -0.39 is 29.0 Å². The van der Waals surface area contributed by atoms with Crippen molar-refractivity contribution >= 4 is 40.0 Å². The van der Waals surface area contributed by atoms with Crippen LogP contribution < -0.4 is 0 Å². The standard InChI is InChI=1S/4BF4.Si/c4*2-1(3,4)5;/q4*-1;+4. The Morgan fingerprint density at radius 3 is 0.238 bits per heavy atom. The quantitative estimate of drug-likeness (QED) is 0.421. The Kier molecular flexibility index (Phi) is 18.4. The topological polar surface area (TPSA) is 0 Å². The van der Waals surface area contributed by atoms with Crippen molar-refractivity contribution in [2.24, 2.45) is 0 Å². The molecular formula is B4F16Si. The first kappa shape index (κ1) is 32.3. The summed E-state index contributed by atoms with van der Waals surface area (Å²) in [5.74, 6) is 0. The van der Waals surface area contributed by atoms with Gasteiger partial charge in [0.05, 0.1) is 0 Å². The van der Waals surface area contributed by atoms with E-state index in [1.54, 1.807) is 0 Å². The number of hydrogen-bond donors (Lipinski definition) is 0. The molecule has 0 radical (unpaired) electrons. The fourth-order valence-corrected chi connectivity index (χ4v) is 0. The van der Waals surface area contributed by atoms with Crippen LogP contribution in [0.15, 0.2) is 0 Å². The van der Waals surface area contributed by atoms with Gasteiger partial charge < -0.3 is 69.1 Å². The molecule has 0 aliphatic carbocycles. The molecule has 0 saturated carbocycles. The average molecular weight is 375 g/mol. The van der Waals surface area contributed by atoms with Crippen molar-refractivity contribution in [3.05, 3.63) is 0 Å².